The smallest absolute Gasteiger partial charge is 0.305 e. The van der Waals surface area contributed by atoms with E-state index < -0.39 is 22.4 Å². The van der Waals surface area contributed by atoms with Gasteiger partial charge in [-0.05, 0) is 0 Å². The zero-order valence-electron chi connectivity index (χ0n) is 8.53. The standard InChI is InChI=1S/C7H9N5O4/c1-3(13)8-6-5(12(15)16)7(11-10-6)9-4(2)14/h1-2H3,(H3,8,9,10,11,13,14). The molecule has 0 fully saturated rings. The maximum Gasteiger partial charge on any atom is 0.355 e. The maximum absolute atomic E-state index is 10.8. The average Bonchev–Trinajstić information content (AvgIpc) is 2.45. The lowest BCUT2D eigenvalue weighted by atomic mass is 10.4. The van der Waals surface area contributed by atoms with Gasteiger partial charge in [-0.1, -0.05) is 0 Å². The first-order valence-corrected chi connectivity index (χ1v) is 4.19. The van der Waals surface area contributed by atoms with E-state index >= 15 is 0 Å². The number of hydrogen-bond acceptors (Lipinski definition) is 5. The van der Waals surface area contributed by atoms with Crippen LogP contribution in [0.5, 0.6) is 0 Å². The van der Waals surface area contributed by atoms with Gasteiger partial charge in [0.05, 0.1) is 4.92 Å². The van der Waals surface area contributed by atoms with E-state index in [9.17, 15) is 19.7 Å². The number of nitro groups is 1. The molecule has 0 aromatic carbocycles. The molecule has 1 rings (SSSR count). The molecule has 0 aliphatic heterocycles. The minimum absolute atomic E-state index is 0.166. The summed E-state index contributed by atoms with van der Waals surface area (Å²) in [6.07, 6.45) is 0. The van der Waals surface area contributed by atoms with Crippen molar-refractivity contribution in [2.45, 2.75) is 13.8 Å². The van der Waals surface area contributed by atoms with E-state index in [1.54, 1.807) is 0 Å². The highest BCUT2D eigenvalue weighted by Crippen LogP contribution is 2.29. The molecule has 0 atom stereocenters. The highest BCUT2D eigenvalue weighted by molar-refractivity contribution is 5.95. The Kier molecular flexibility index (Phi) is 3.18. The van der Waals surface area contributed by atoms with Gasteiger partial charge in [0.2, 0.25) is 23.5 Å². The highest BCUT2D eigenvalue weighted by atomic mass is 16.6. The molecule has 0 spiro atoms. The van der Waals surface area contributed by atoms with Crippen molar-refractivity contribution in [1.82, 2.24) is 10.2 Å². The van der Waals surface area contributed by atoms with Crippen LogP contribution in [0.1, 0.15) is 13.8 Å². The van der Waals surface area contributed by atoms with Crippen molar-refractivity contribution in [3.8, 4) is 0 Å². The number of nitrogens with one attached hydrogen (secondary N) is 3. The molecule has 9 nitrogen and oxygen atoms in total. The lowest BCUT2D eigenvalue weighted by molar-refractivity contribution is -0.383. The third kappa shape index (κ3) is 2.53. The fourth-order valence-electron chi connectivity index (χ4n) is 1.03. The van der Waals surface area contributed by atoms with Crippen molar-refractivity contribution in [3.63, 3.8) is 0 Å². The number of amides is 2. The maximum atomic E-state index is 10.8. The van der Waals surface area contributed by atoms with Crippen LogP contribution in [0.3, 0.4) is 0 Å². The predicted molar refractivity (Wildman–Crippen MR) is 53.8 cm³/mol. The van der Waals surface area contributed by atoms with Gasteiger partial charge in [-0.25, -0.2) is 0 Å². The number of aromatic amines is 1. The summed E-state index contributed by atoms with van der Waals surface area (Å²) in [6.45, 7) is 2.39. The molecule has 2 amide bonds. The minimum atomic E-state index is -0.750. The zero-order chi connectivity index (χ0) is 12.3. The number of rotatable bonds is 3. The molecule has 0 radical (unpaired) electrons. The van der Waals surface area contributed by atoms with E-state index in [1.165, 1.54) is 13.8 Å². The number of anilines is 2. The van der Waals surface area contributed by atoms with E-state index in [-0.39, 0.29) is 11.6 Å². The Hall–Kier alpha value is -2.45. The van der Waals surface area contributed by atoms with Crippen LogP contribution in [0.15, 0.2) is 0 Å². The first-order valence-electron chi connectivity index (χ1n) is 4.19. The SMILES string of the molecule is CC(=O)Nc1n[nH]c(NC(C)=O)c1[N+](=O)[O-]. The van der Waals surface area contributed by atoms with Gasteiger partial charge < -0.3 is 10.6 Å². The van der Waals surface area contributed by atoms with Crippen LogP contribution < -0.4 is 10.6 Å². The molecule has 86 valence electrons. The number of carbonyl (C=O) groups excluding carboxylic acids is 2. The van der Waals surface area contributed by atoms with Gasteiger partial charge in [-0.15, -0.1) is 5.10 Å². The van der Waals surface area contributed by atoms with Crippen molar-refractivity contribution in [2.24, 2.45) is 0 Å². The molecule has 0 saturated carbocycles. The van der Waals surface area contributed by atoms with E-state index in [4.69, 9.17) is 0 Å². The molecule has 0 saturated heterocycles. The summed E-state index contributed by atoms with van der Waals surface area (Å²) >= 11 is 0. The predicted octanol–water partition coefficient (Wildman–Crippen LogP) is 0.235. The van der Waals surface area contributed by atoms with Crippen LogP contribution in [0.2, 0.25) is 0 Å². The van der Waals surface area contributed by atoms with Crippen molar-refractivity contribution in [2.75, 3.05) is 10.6 Å². The summed E-state index contributed by atoms with van der Waals surface area (Å²) in [6, 6.07) is 0. The molecule has 1 heterocycles. The minimum Gasteiger partial charge on any atom is -0.305 e. The summed E-state index contributed by atoms with van der Waals surface area (Å²) in [4.78, 5) is 31.5. The first-order chi connectivity index (χ1) is 7.41. The Bertz CT molecular complexity index is 418. The Morgan fingerprint density at radius 2 is 1.88 bits per heavy atom. The topological polar surface area (TPSA) is 130 Å². The number of hydrogen-bond donors (Lipinski definition) is 3. The van der Waals surface area contributed by atoms with Crippen LogP contribution in [-0.4, -0.2) is 26.9 Å². The Morgan fingerprint density at radius 3 is 2.31 bits per heavy atom. The molecule has 0 aliphatic carbocycles. The third-order valence-corrected chi connectivity index (χ3v) is 1.52. The Morgan fingerprint density at radius 1 is 1.31 bits per heavy atom. The monoisotopic (exact) mass is 227 g/mol. The lowest BCUT2D eigenvalue weighted by Crippen LogP contribution is -2.09. The zero-order valence-corrected chi connectivity index (χ0v) is 8.53. The van der Waals surface area contributed by atoms with Crippen molar-refractivity contribution in [1.29, 1.82) is 0 Å². The van der Waals surface area contributed by atoms with E-state index in [1.807, 2.05) is 0 Å². The van der Waals surface area contributed by atoms with Gasteiger partial charge in [-0.2, -0.15) is 0 Å². The summed E-state index contributed by atoms with van der Waals surface area (Å²) < 4.78 is 0. The first kappa shape index (κ1) is 11.6. The van der Waals surface area contributed by atoms with Crippen LogP contribution in [0, 0.1) is 10.1 Å². The number of aromatic nitrogens is 2. The van der Waals surface area contributed by atoms with E-state index in [0.29, 0.717) is 0 Å². The van der Waals surface area contributed by atoms with Crippen LogP contribution in [0.4, 0.5) is 17.3 Å². The average molecular weight is 227 g/mol. The summed E-state index contributed by atoms with van der Waals surface area (Å²) in [5, 5.41) is 20.9. The van der Waals surface area contributed by atoms with Crippen molar-refractivity contribution < 1.29 is 14.5 Å². The van der Waals surface area contributed by atoms with E-state index in [0.717, 1.165) is 0 Å². The molecule has 0 unspecified atom stereocenters. The van der Waals surface area contributed by atoms with Gasteiger partial charge in [0, 0.05) is 13.8 Å². The van der Waals surface area contributed by atoms with Crippen LogP contribution in [0.25, 0.3) is 0 Å². The second kappa shape index (κ2) is 4.38. The highest BCUT2D eigenvalue weighted by Gasteiger charge is 2.25. The normalized spacial score (nSPS) is 9.62. The molecule has 1 aromatic heterocycles. The molecule has 16 heavy (non-hydrogen) atoms. The second-order valence-corrected chi connectivity index (χ2v) is 2.92. The molecule has 3 N–H and O–H groups in total. The van der Waals surface area contributed by atoms with Crippen LogP contribution >= 0.6 is 0 Å². The van der Waals surface area contributed by atoms with E-state index in [2.05, 4.69) is 20.8 Å². The van der Waals surface area contributed by atoms with Crippen LogP contribution in [-0.2, 0) is 9.59 Å². The summed E-state index contributed by atoms with van der Waals surface area (Å²) in [5.41, 5.74) is -0.481. The van der Waals surface area contributed by atoms with Crippen molar-refractivity contribution in [3.05, 3.63) is 10.1 Å². The summed E-state index contributed by atoms with van der Waals surface area (Å²) in [7, 11) is 0. The molecular weight excluding hydrogens is 218 g/mol. The third-order valence-electron chi connectivity index (χ3n) is 1.52. The Labute approximate surface area is 89.4 Å². The second-order valence-electron chi connectivity index (χ2n) is 2.92. The molecular formula is C7H9N5O4. The molecule has 9 heteroatoms. The number of H-pyrrole nitrogens is 1. The Balaban J connectivity index is 3.11. The fourth-order valence-corrected chi connectivity index (χ4v) is 1.03. The van der Waals surface area contributed by atoms with Gasteiger partial charge in [-0.3, -0.25) is 24.8 Å². The van der Waals surface area contributed by atoms with Gasteiger partial charge in [0.1, 0.15) is 0 Å². The molecule has 1 aromatic rings. The van der Waals surface area contributed by atoms with Gasteiger partial charge in [0.25, 0.3) is 0 Å². The molecule has 0 bridgehead atoms. The van der Waals surface area contributed by atoms with Crippen molar-refractivity contribution >= 4 is 29.1 Å². The lowest BCUT2D eigenvalue weighted by Gasteiger charge is -1.98. The molecule has 0 aliphatic rings. The fraction of sp³-hybridized carbons (Fsp3) is 0.286. The number of carbonyl (C=O) groups is 2. The van der Waals surface area contributed by atoms with Gasteiger partial charge in [0.15, 0.2) is 0 Å². The largest absolute Gasteiger partial charge is 0.355 e. The summed E-state index contributed by atoms with van der Waals surface area (Å²) in [5.74, 6) is -1.38. The number of nitrogens with zero attached hydrogens (tertiary/aromatic N) is 2. The quantitative estimate of drug-likeness (QED) is 0.502. The van der Waals surface area contributed by atoms with Gasteiger partial charge >= 0.3 is 5.69 Å².